The molecule has 2 bridgehead atoms. The monoisotopic (exact) mass is 196 g/mol. The number of esters is 1. The fourth-order valence-corrected chi connectivity index (χ4v) is 3.64. The number of ether oxygens (including phenoxy) is 1. The maximum atomic E-state index is 11.8. The fraction of sp³-hybridized carbons (Fsp3) is 0.917. The summed E-state index contributed by atoms with van der Waals surface area (Å²) < 4.78 is 4.96. The molecule has 0 amide bonds. The maximum absolute atomic E-state index is 11.8. The summed E-state index contributed by atoms with van der Waals surface area (Å²) in [6, 6.07) is 0. The molecule has 0 N–H and O–H groups in total. The van der Waals surface area contributed by atoms with E-state index < -0.39 is 0 Å². The molecule has 2 heteroatoms. The number of hydrogen-bond acceptors (Lipinski definition) is 2. The molecular formula is C12H20O2. The van der Waals surface area contributed by atoms with E-state index in [1.54, 1.807) is 0 Å². The van der Waals surface area contributed by atoms with Crippen molar-refractivity contribution < 1.29 is 9.53 Å². The molecule has 0 heterocycles. The standard InChI is InChI=1S/C12H20O2/c1-11(2)8-12(10(13)14-3)6-4-9(11)5-7-12/h9H,4-8H2,1-3H3. The highest BCUT2D eigenvalue weighted by molar-refractivity contribution is 5.77. The largest absolute Gasteiger partial charge is 0.469 e. The van der Waals surface area contributed by atoms with Crippen LogP contribution in [0.3, 0.4) is 0 Å². The van der Waals surface area contributed by atoms with E-state index in [-0.39, 0.29) is 11.4 Å². The molecule has 80 valence electrons. The number of fused-ring (bicyclic) bond motifs is 3. The summed E-state index contributed by atoms with van der Waals surface area (Å²) in [5, 5.41) is 0. The highest BCUT2D eigenvalue weighted by Crippen LogP contribution is 2.58. The Balaban J connectivity index is 2.25. The molecule has 0 aromatic rings. The van der Waals surface area contributed by atoms with Crippen LogP contribution in [0.5, 0.6) is 0 Å². The normalized spacial score (nSPS) is 39.5. The summed E-state index contributed by atoms with van der Waals surface area (Å²) in [5.74, 6) is 0.859. The lowest BCUT2D eigenvalue weighted by Gasteiger charge is -2.53. The van der Waals surface area contributed by atoms with Crippen molar-refractivity contribution in [2.45, 2.75) is 46.0 Å². The van der Waals surface area contributed by atoms with Gasteiger partial charge >= 0.3 is 5.97 Å². The highest BCUT2D eigenvalue weighted by atomic mass is 16.5. The average molecular weight is 196 g/mol. The molecule has 2 nitrogen and oxygen atoms in total. The van der Waals surface area contributed by atoms with Crippen molar-refractivity contribution in [1.29, 1.82) is 0 Å². The predicted octanol–water partition coefficient (Wildman–Crippen LogP) is 2.77. The van der Waals surface area contributed by atoms with E-state index in [1.165, 1.54) is 20.0 Å². The van der Waals surface area contributed by atoms with Gasteiger partial charge < -0.3 is 4.74 Å². The third kappa shape index (κ3) is 1.27. The molecule has 0 aliphatic heterocycles. The zero-order chi connectivity index (χ0) is 10.4. The number of carbonyl (C=O) groups is 1. The van der Waals surface area contributed by atoms with Crippen LogP contribution in [0.25, 0.3) is 0 Å². The van der Waals surface area contributed by atoms with E-state index in [1.807, 2.05) is 0 Å². The van der Waals surface area contributed by atoms with Crippen molar-refractivity contribution in [3.05, 3.63) is 0 Å². The zero-order valence-electron chi connectivity index (χ0n) is 9.43. The first-order chi connectivity index (χ1) is 6.50. The number of carbonyl (C=O) groups excluding carboxylic acids is 1. The van der Waals surface area contributed by atoms with E-state index in [9.17, 15) is 4.79 Å². The van der Waals surface area contributed by atoms with Gasteiger partial charge in [0.1, 0.15) is 0 Å². The molecule has 0 atom stereocenters. The first kappa shape index (κ1) is 10.0. The first-order valence-electron chi connectivity index (χ1n) is 5.59. The Labute approximate surface area is 86.0 Å². The van der Waals surface area contributed by atoms with Crippen LogP contribution in [-0.4, -0.2) is 13.1 Å². The molecule has 0 unspecified atom stereocenters. The summed E-state index contributed by atoms with van der Waals surface area (Å²) in [4.78, 5) is 11.8. The molecule has 3 aliphatic rings. The molecule has 0 spiro atoms. The van der Waals surface area contributed by atoms with E-state index in [0.29, 0.717) is 5.41 Å². The van der Waals surface area contributed by atoms with Crippen LogP contribution in [0.4, 0.5) is 0 Å². The third-order valence-corrected chi connectivity index (χ3v) is 4.46. The Morgan fingerprint density at radius 2 is 1.86 bits per heavy atom. The molecule has 0 aromatic carbocycles. The quantitative estimate of drug-likeness (QED) is 0.603. The molecular weight excluding hydrogens is 176 g/mol. The van der Waals surface area contributed by atoms with Gasteiger partial charge in [0.15, 0.2) is 0 Å². The number of hydrogen-bond donors (Lipinski definition) is 0. The summed E-state index contributed by atoms with van der Waals surface area (Å²) in [7, 11) is 1.52. The second kappa shape index (κ2) is 2.98. The van der Waals surface area contributed by atoms with E-state index in [0.717, 1.165) is 25.2 Å². The minimum Gasteiger partial charge on any atom is -0.469 e. The van der Waals surface area contributed by atoms with Crippen molar-refractivity contribution in [2.24, 2.45) is 16.7 Å². The Bertz CT molecular complexity index is 247. The fourth-order valence-electron chi connectivity index (χ4n) is 3.64. The maximum Gasteiger partial charge on any atom is 0.311 e. The van der Waals surface area contributed by atoms with Gasteiger partial charge in [0.2, 0.25) is 0 Å². The second-order valence-electron chi connectivity index (χ2n) is 5.71. The van der Waals surface area contributed by atoms with Crippen LogP contribution in [0.2, 0.25) is 0 Å². The van der Waals surface area contributed by atoms with Gasteiger partial charge in [-0.1, -0.05) is 13.8 Å². The van der Waals surface area contributed by atoms with Crippen LogP contribution < -0.4 is 0 Å². The van der Waals surface area contributed by atoms with Gasteiger partial charge in [-0.05, 0) is 43.4 Å². The average Bonchev–Trinajstić information content (AvgIpc) is 2.16. The van der Waals surface area contributed by atoms with Crippen LogP contribution >= 0.6 is 0 Å². The summed E-state index contributed by atoms with van der Waals surface area (Å²) in [5.41, 5.74) is 0.206. The summed E-state index contributed by atoms with van der Waals surface area (Å²) >= 11 is 0. The van der Waals surface area contributed by atoms with E-state index >= 15 is 0 Å². The Hall–Kier alpha value is -0.530. The smallest absolute Gasteiger partial charge is 0.311 e. The molecule has 3 rings (SSSR count). The van der Waals surface area contributed by atoms with Crippen molar-refractivity contribution in [3.8, 4) is 0 Å². The number of methoxy groups -OCH3 is 1. The lowest BCUT2D eigenvalue weighted by atomic mass is 9.51. The van der Waals surface area contributed by atoms with Gasteiger partial charge in [-0.2, -0.15) is 0 Å². The molecule has 0 saturated heterocycles. The Morgan fingerprint density at radius 3 is 2.29 bits per heavy atom. The van der Waals surface area contributed by atoms with Gasteiger partial charge in [-0.25, -0.2) is 0 Å². The van der Waals surface area contributed by atoms with Crippen LogP contribution in [0, 0.1) is 16.7 Å². The molecule has 14 heavy (non-hydrogen) atoms. The van der Waals surface area contributed by atoms with Gasteiger partial charge in [0.05, 0.1) is 12.5 Å². The predicted molar refractivity (Wildman–Crippen MR) is 54.8 cm³/mol. The molecule has 0 radical (unpaired) electrons. The van der Waals surface area contributed by atoms with Crippen LogP contribution in [0.15, 0.2) is 0 Å². The summed E-state index contributed by atoms with van der Waals surface area (Å²) in [6.45, 7) is 4.60. The Kier molecular flexibility index (Phi) is 2.13. The SMILES string of the molecule is COC(=O)C12CCC(CC1)C(C)(C)C2. The lowest BCUT2D eigenvalue weighted by Crippen LogP contribution is -2.49. The minimum absolute atomic E-state index is 0.0312. The topological polar surface area (TPSA) is 26.3 Å². The number of rotatable bonds is 1. The van der Waals surface area contributed by atoms with Crippen LogP contribution in [-0.2, 0) is 9.53 Å². The summed E-state index contributed by atoms with van der Waals surface area (Å²) in [6.07, 6.45) is 5.54. The minimum atomic E-state index is -0.132. The molecule has 0 aromatic heterocycles. The molecule has 3 fully saturated rings. The van der Waals surface area contributed by atoms with E-state index in [4.69, 9.17) is 4.74 Å². The lowest BCUT2D eigenvalue weighted by molar-refractivity contribution is -0.166. The Morgan fingerprint density at radius 1 is 1.29 bits per heavy atom. The zero-order valence-corrected chi connectivity index (χ0v) is 9.43. The van der Waals surface area contributed by atoms with Crippen molar-refractivity contribution in [3.63, 3.8) is 0 Å². The van der Waals surface area contributed by atoms with Crippen molar-refractivity contribution in [2.75, 3.05) is 7.11 Å². The highest BCUT2D eigenvalue weighted by Gasteiger charge is 2.54. The van der Waals surface area contributed by atoms with Gasteiger partial charge in [0, 0.05) is 0 Å². The van der Waals surface area contributed by atoms with Crippen LogP contribution in [0.1, 0.15) is 46.0 Å². The third-order valence-electron chi connectivity index (χ3n) is 4.46. The van der Waals surface area contributed by atoms with Gasteiger partial charge in [-0.15, -0.1) is 0 Å². The van der Waals surface area contributed by atoms with Gasteiger partial charge in [-0.3, -0.25) is 4.79 Å². The first-order valence-corrected chi connectivity index (χ1v) is 5.59. The van der Waals surface area contributed by atoms with Crippen molar-refractivity contribution in [1.82, 2.24) is 0 Å². The molecule has 3 aliphatic carbocycles. The van der Waals surface area contributed by atoms with E-state index in [2.05, 4.69) is 13.8 Å². The molecule has 3 saturated carbocycles. The second-order valence-corrected chi connectivity index (χ2v) is 5.71. The van der Waals surface area contributed by atoms with Gasteiger partial charge in [0.25, 0.3) is 0 Å². The van der Waals surface area contributed by atoms with Crippen molar-refractivity contribution >= 4 is 5.97 Å².